The Morgan fingerprint density at radius 1 is 1.04 bits per heavy atom. The summed E-state index contributed by atoms with van der Waals surface area (Å²) in [4.78, 5) is 38.6. The van der Waals surface area contributed by atoms with Crippen LogP contribution < -0.4 is 10.1 Å². The van der Waals surface area contributed by atoms with Crippen molar-refractivity contribution in [2.45, 2.75) is 13.8 Å². The van der Waals surface area contributed by atoms with E-state index < -0.39 is 0 Å². The van der Waals surface area contributed by atoms with Crippen LogP contribution in [0.25, 0.3) is 0 Å². The first kappa shape index (κ1) is 16.8. The molecule has 0 unspecified atom stereocenters. The van der Waals surface area contributed by atoms with E-state index in [0.29, 0.717) is 43.2 Å². The number of nitrogens with one attached hydrogen (secondary N) is 1. The zero-order valence-corrected chi connectivity index (χ0v) is 13.6. The number of carbonyl (C=O) groups is 3. The van der Waals surface area contributed by atoms with Gasteiger partial charge in [0.25, 0.3) is 5.91 Å². The topological polar surface area (TPSA) is 79.0 Å². The van der Waals surface area contributed by atoms with Gasteiger partial charge in [-0.1, -0.05) is 0 Å². The Bertz CT molecular complexity index is 622. The Labute approximate surface area is 135 Å². The molecular formula is C16H21N3O4. The predicted molar refractivity (Wildman–Crippen MR) is 85.5 cm³/mol. The van der Waals surface area contributed by atoms with Gasteiger partial charge in [-0.05, 0) is 18.2 Å². The van der Waals surface area contributed by atoms with E-state index in [9.17, 15) is 14.4 Å². The van der Waals surface area contributed by atoms with E-state index in [4.69, 9.17) is 4.74 Å². The van der Waals surface area contributed by atoms with Gasteiger partial charge < -0.3 is 19.9 Å². The average Bonchev–Trinajstić information content (AvgIpc) is 2.53. The summed E-state index contributed by atoms with van der Waals surface area (Å²) in [6.45, 7) is 5.00. The second-order valence-electron chi connectivity index (χ2n) is 5.39. The van der Waals surface area contributed by atoms with Crippen LogP contribution in [0.3, 0.4) is 0 Å². The Morgan fingerprint density at radius 2 is 1.65 bits per heavy atom. The predicted octanol–water partition coefficient (Wildman–Crippen LogP) is 0.958. The highest BCUT2D eigenvalue weighted by Gasteiger charge is 2.23. The summed E-state index contributed by atoms with van der Waals surface area (Å²) < 4.78 is 5.18. The van der Waals surface area contributed by atoms with Crippen LogP contribution in [0.4, 0.5) is 5.69 Å². The summed E-state index contributed by atoms with van der Waals surface area (Å²) in [5.41, 5.74) is 0.944. The monoisotopic (exact) mass is 319 g/mol. The summed E-state index contributed by atoms with van der Waals surface area (Å²) in [6, 6.07) is 4.94. The highest BCUT2D eigenvalue weighted by Crippen LogP contribution is 2.26. The third kappa shape index (κ3) is 4.00. The van der Waals surface area contributed by atoms with E-state index in [2.05, 4.69) is 5.32 Å². The van der Waals surface area contributed by atoms with Crippen molar-refractivity contribution in [1.82, 2.24) is 9.80 Å². The largest absolute Gasteiger partial charge is 0.495 e. The number of hydrogen-bond donors (Lipinski definition) is 1. The molecule has 7 heteroatoms. The standard InChI is InChI=1S/C16H21N3O4/c1-11(20)17-14-10-13(4-5-15(14)23-3)16(22)19-8-6-18(7-9-19)12(2)21/h4-5,10H,6-9H2,1-3H3,(H,17,20). The van der Waals surface area contributed by atoms with Crippen LogP contribution in [0.5, 0.6) is 5.75 Å². The van der Waals surface area contributed by atoms with Crippen LogP contribution in [0.1, 0.15) is 24.2 Å². The number of ether oxygens (including phenoxy) is 1. The summed E-state index contributed by atoms with van der Waals surface area (Å²) in [5, 5.41) is 2.66. The molecule has 1 aliphatic rings. The number of nitrogens with zero attached hydrogens (tertiary/aromatic N) is 2. The normalized spacial score (nSPS) is 14.4. The third-order valence-electron chi connectivity index (χ3n) is 3.77. The van der Waals surface area contributed by atoms with Crippen molar-refractivity contribution < 1.29 is 19.1 Å². The summed E-state index contributed by atoms with van der Waals surface area (Å²) in [6.07, 6.45) is 0. The van der Waals surface area contributed by atoms with Crippen molar-refractivity contribution in [2.75, 3.05) is 38.6 Å². The van der Waals surface area contributed by atoms with Crippen LogP contribution >= 0.6 is 0 Å². The molecule has 1 N–H and O–H groups in total. The van der Waals surface area contributed by atoms with E-state index >= 15 is 0 Å². The molecule has 23 heavy (non-hydrogen) atoms. The smallest absolute Gasteiger partial charge is 0.254 e. The average molecular weight is 319 g/mol. The van der Waals surface area contributed by atoms with Gasteiger partial charge in [0, 0.05) is 45.6 Å². The molecule has 1 aromatic rings. The fourth-order valence-electron chi connectivity index (χ4n) is 2.54. The lowest BCUT2D eigenvalue weighted by atomic mass is 10.1. The first-order chi connectivity index (χ1) is 10.9. The van der Waals surface area contributed by atoms with Crippen molar-refractivity contribution in [1.29, 1.82) is 0 Å². The Hall–Kier alpha value is -2.57. The van der Waals surface area contributed by atoms with Crippen LogP contribution in [0, 0.1) is 0 Å². The van der Waals surface area contributed by atoms with Gasteiger partial charge in [-0.3, -0.25) is 14.4 Å². The second-order valence-corrected chi connectivity index (χ2v) is 5.39. The highest BCUT2D eigenvalue weighted by molar-refractivity contribution is 5.98. The minimum absolute atomic E-state index is 0.0227. The van der Waals surface area contributed by atoms with Crippen molar-refractivity contribution in [3.8, 4) is 5.75 Å². The first-order valence-corrected chi connectivity index (χ1v) is 7.42. The molecular weight excluding hydrogens is 298 g/mol. The molecule has 7 nitrogen and oxygen atoms in total. The minimum Gasteiger partial charge on any atom is -0.495 e. The molecule has 1 saturated heterocycles. The number of piperazine rings is 1. The van der Waals surface area contributed by atoms with Crippen LogP contribution in [0.15, 0.2) is 18.2 Å². The number of anilines is 1. The van der Waals surface area contributed by atoms with Crippen molar-refractivity contribution in [2.24, 2.45) is 0 Å². The maximum atomic E-state index is 12.6. The molecule has 1 fully saturated rings. The van der Waals surface area contributed by atoms with Crippen LogP contribution in [0.2, 0.25) is 0 Å². The van der Waals surface area contributed by atoms with Crippen LogP contribution in [-0.4, -0.2) is 60.8 Å². The van der Waals surface area contributed by atoms with Crippen molar-refractivity contribution in [3.63, 3.8) is 0 Å². The molecule has 0 atom stereocenters. The Morgan fingerprint density at radius 3 is 2.17 bits per heavy atom. The number of rotatable bonds is 3. The SMILES string of the molecule is COc1ccc(C(=O)N2CCN(C(C)=O)CC2)cc1NC(C)=O. The number of hydrogen-bond acceptors (Lipinski definition) is 4. The van der Waals surface area contributed by atoms with Gasteiger partial charge in [0.05, 0.1) is 12.8 Å². The van der Waals surface area contributed by atoms with Gasteiger partial charge in [0.1, 0.15) is 5.75 Å². The maximum absolute atomic E-state index is 12.6. The first-order valence-electron chi connectivity index (χ1n) is 7.42. The maximum Gasteiger partial charge on any atom is 0.254 e. The van der Waals surface area contributed by atoms with Gasteiger partial charge in [-0.15, -0.1) is 0 Å². The molecule has 0 aromatic heterocycles. The zero-order valence-electron chi connectivity index (χ0n) is 13.6. The van der Waals surface area contributed by atoms with E-state index in [1.807, 2.05) is 0 Å². The molecule has 0 saturated carbocycles. The highest BCUT2D eigenvalue weighted by atomic mass is 16.5. The van der Waals surface area contributed by atoms with E-state index in [1.165, 1.54) is 21.0 Å². The molecule has 0 bridgehead atoms. The van der Waals surface area contributed by atoms with Gasteiger partial charge in [0.15, 0.2) is 0 Å². The van der Waals surface area contributed by atoms with Gasteiger partial charge in [-0.2, -0.15) is 0 Å². The van der Waals surface area contributed by atoms with E-state index in [1.54, 1.807) is 28.0 Å². The van der Waals surface area contributed by atoms with Crippen molar-refractivity contribution in [3.05, 3.63) is 23.8 Å². The second kappa shape index (κ2) is 7.13. The summed E-state index contributed by atoms with van der Waals surface area (Å²) >= 11 is 0. The minimum atomic E-state index is -0.233. The lowest BCUT2D eigenvalue weighted by Gasteiger charge is -2.34. The van der Waals surface area contributed by atoms with E-state index in [0.717, 1.165) is 0 Å². The molecule has 0 radical (unpaired) electrons. The number of methoxy groups -OCH3 is 1. The molecule has 0 aliphatic carbocycles. The molecule has 124 valence electrons. The quantitative estimate of drug-likeness (QED) is 0.900. The van der Waals surface area contributed by atoms with Gasteiger partial charge in [-0.25, -0.2) is 0 Å². The Balaban J connectivity index is 2.13. The lowest BCUT2D eigenvalue weighted by molar-refractivity contribution is -0.130. The Kier molecular flexibility index (Phi) is 5.20. The number of amides is 3. The number of carbonyl (C=O) groups excluding carboxylic acids is 3. The molecule has 3 amide bonds. The molecule has 2 rings (SSSR count). The third-order valence-corrected chi connectivity index (χ3v) is 3.77. The fourth-order valence-corrected chi connectivity index (χ4v) is 2.54. The molecule has 0 spiro atoms. The van der Waals surface area contributed by atoms with Gasteiger partial charge in [0.2, 0.25) is 11.8 Å². The number of benzene rings is 1. The van der Waals surface area contributed by atoms with Crippen LogP contribution in [-0.2, 0) is 9.59 Å². The summed E-state index contributed by atoms with van der Waals surface area (Å²) in [7, 11) is 1.50. The fraction of sp³-hybridized carbons (Fsp3) is 0.438. The summed E-state index contributed by atoms with van der Waals surface area (Å²) in [5.74, 6) is 0.165. The lowest BCUT2D eigenvalue weighted by Crippen LogP contribution is -2.50. The zero-order chi connectivity index (χ0) is 17.0. The molecule has 1 heterocycles. The van der Waals surface area contributed by atoms with E-state index in [-0.39, 0.29) is 17.7 Å². The molecule has 1 aliphatic heterocycles. The molecule has 1 aromatic carbocycles. The van der Waals surface area contributed by atoms with Gasteiger partial charge >= 0.3 is 0 Å². The van der Waals surface area contributed by atoms with Crippen molar-refractivity contribution >= 4 is 23.4 Å².